The first-order valence-electron chi connectivity index (χ1n) is 10.1. The topological polar surface area (TPSA) is 76.5 Å². The monoisotopic (exact) mass is 398 g/mol. The van der Waals surface area contributed by atoms with E-state index in [0.29, 0.717) is 19.5 Å². The van der Waals surface area contributed by atoms with Gasteiger partial charge in [-0.2, -0.15) is 5.10 Å². The van der Waals surface area contributed by atoms with E-state index in [1.54, 1.807) is 12.0 Å². The third kappa shape index (κ3) is 4.44. The maximum Gasteiger partial charge on any atom is 0.229 e. The van der Waals surface area contributed by atoms with Crippen molar-refractivity contribution in [3.05, 3.63) is 41.2 Å². The number of nitrogens with one attached hydrogen (secondary N) is 1. The normalized spacial score (nSPS) is 16.6. The molecular weight excluding hydrogens is 368 g/mol. The number of nitrogens with zero attached hydrogens (tertiary/aromatic N) is 3. The number of hydrogen-bond acceptors (Lipinski definition) is 4. The minimum Gasteiger partial charge on any atom is -0.496 e. The molecule has 2 heterocycles. The highest BCUT2D eigenvalue weighted by Crippen LogP contribution is 2.26. The zero-order valence-electron chi connectivity index (χ0n) is 17.9. The summed E-state index contributed by atoms with van der Waals surface area (Å²) in [5, 5.41) is 7.52. The van der Waals surface area contributed by atoms with Gasteiger partial charge in [0, 0.05) is 25.6 Å². The van der Waals surface area contributed by atoms with Crippen LogP contribution in [0, 0.1) is 19.8 Å². The molecule has 1 N–H and O–H groups in total. The van der Waals surface area contributed by atoms with Crippen molar-refractivity contribution >= 4 is 17.5 Å². The Morgan fingerprint density at radius 2 is 2.03 bits per heavy atom. The number of carbonyl (C=O) groups excluding carboxylic acids is 2. The van der Waals surface area contributed by atoms with Crippen LogP contribution < -0.4 is 10.1 Å². The molecule has 0 spiro atoms. The second kappa shape index (κ2) is 8.68. The van der Waals surface area contributed by atoms with E-state index in [0.717, 1.165) is 28.4 Å². The van der Waals surface area contributed by atoms with E-state index >= 15 is 0 Å². The van der Waals surface area contributed by atoms with Crippen molar-refractivity contribution in [2.45, 2.75) is 46.6 Å². The summed E-state index contributed by atoms with van der Waals surface area (Å²) in [6, 6.07) is 8.02. The molecule has 156 valence electrons. The van der Waals surface area contributed by atoms with Gasteiger partial charge >= 0.3 is 0 Å². The van der Waals surface area contributed by atoms with Gasteiger partial charge in [0.15, 0.2) is 0 Å². The lowest BCUT2D eigenvalue weighted by molar-refractivity contribution is -0.128. The van der Waals surface area contributed by atoms with Gasteiger partial charge in [-0.25, -0.2) is 0 Å². The van der Waals surface area contributed by atoms with E-state index in [4.69, 9.17) is 4.74 Å². The summed E-state index contributed by atoms with van der Waals surface area (Å²) in [5.41, 5.74) is 3.54. The Bertz CT molecular complexity index is 903. The maximum atomic E-state index is 12.8. The first kappa shape index (κ1) is 20.9. The first-order chi connectivity index (χ1) is 13.8. The van der Waals surface area contributed by atoms with Gasteiger partial charge in [0.2, 0.25) is 11.8 Å². The second-order valence-corrected chi connectivity index (χ2v) is 7.88. The van der Waals surface area contributed by atoms with Crippen molar-refractivity contribution in [2.24, 2.45) is 5.92 Å². The summed E-state index contributed by atoms with van der Waals surface area (Å²) in [6.07, 6.45) is 0.942. The molecule has 0 aliphatic carbocycles. The van der Waals surface area contributed by atoms with Crippen LogP contribution in [0.2, 0.25) is 0 Å². The number of anilines is 1. The van der Waals surface area contributed by atoms with Crippen molar-refractivity contribution in [3.8, 4) is 5.75 Å². The van der Waals surface area contributed by atoms with Crippen molar-refractivity contribution in [1.29, 1.82) is 0 Å². The largest absolute Gasteiger partial charge is 0.496 e. The van der Waals surface area contributed by atoms with E-state index in [9.17, 15) is 9.59 Å². The predicted octanol–water partition coefficient (Wildman–Crippen LogP) is 3.12. The van der Waals surface area contributed by atoms with Gasteiger partial charge in [0.05, 0.1) is 30.1 Å². The third-order valence-electron chi connectivity index (χ3n) is 5.49. The number of benzene rings is 1. The molecule has 7 heteroatoms. The molecule has 0 radical (unpaired) electrons. The highest BCUT2D eigenvalue weighted by molar-refractivity contribution is 5.97. The van der Waals surface area contributed by atoms with Gasteiger partial charge in [-0.3, -0.25) is 14.3 Å². The second-order valence-electron chi connectivity index (χ2n) is 7.88. The molecule has 1 aliphatic heterocycles. The van der Waals surface area contributed by atoms with Crippen LogP contribution in [0.3, 0.4) is 0 Å². The summed E-state index contributed by atoms with van der Waals surface area (Å²) in [7, 11) is 1.64. The Labute approximate surface area is 172 Å². The van der Waals surface area contributed by atoms with Gasteiger partial charge in [0.1, 0.15) is 5.75 Å². The molecule has 7 nitrogen and oxygen atoms in total. The minimum atomic E-state index is -0.346. The van der Waals surface area contributed by atoms with E-state index in [-0.39, 0.29) is 30.2 Å². The van der Waals surface area contributed by atoms with E-state index in [1.807, 2.05) is 42.8 Å². The zero-order valence-corrected chi connectivity index (χ0v) is 17.9. The molecule has 1 aromatic heterocycles. The van der Waals surface area contributed by atoms with Gasteiger partial charge < -0.3 is 15.0 Å². The molecule has 0 unspecified atom stereocenters. The summed E-state index contributed by atoms with van der Waals surface area (Å²) in [5.74, 6) is 0.377. The molecule has 0 saturated carbocycles. The van der Waals surface area contributed by atoms with Crippen LogP contribution in [0.4, 0.5) is 5.69 Å². The van der Waals surface area contributed by atoms with E-state index in [1.165, 1.54) is 0 Å². The fraction of sp³-hybridized carbons (Fsp3) is 0.500. The Kier molecular flexibility index (Phi) is 6.25. The van der Waals surface area contributed by atoms with Crippen LogP contribution in [0.15, 0.2) is 24.3 Å². The fourth-order valence-corrected chi connectivity index (χ4v) is 3.90. The molecule has 29 heavy (non-hydrogen) atoms. The number of aryl methyl sites for hydroxylation is 1. The van der Waals surface area contributed by atoms with Gasteiger partial charge in [0.25, 0.3) is 0 Å². The Morgan fingerprint density at radius 1 is 1.31 bits per heavy atom. The molecule has 1 fully saturated rings. The molecule has 0 bridgehead atoms. The smallest absolute Gasteiger partial charge is 0.229 e. The van der Waals surface area contributed by atoms with Crippen molar-refractivity contribution in [3.63, 3.8) is 0 Å². The van der Waals surface area contributed by atoms with Crippen molar-refractivity contribution in [1.82, 2.24) is 14.7 Å². The number of likely N-dealkylation sites (tertiary alicyclic amines) is 1. The van der Waals surface area contributed by atoms with E-state index < -0.39 is 0 Å². The van der Waals surface area contributed by atoms with Crippen molar-refractivity contribution < 1.29 is 14.3 Å². The number of rotatable bonds is 7. The number of aromatic nitrogens is 2. The van der Waals surface area contributed by atoms with Crippen molar-refractivity contribution in [2.75, 3.05) is 25.5 Å². The van der Waals surface area contributed by atoms with Gasteiger partial charge in [-0.05, 0) is 45.7 Å². The Hall–Kier alpha value is -2.83. The maximum absolute atomic E-state index is 12.8. The fourth-order valence-electron chi connectivity index (χ4n) is 3.90. The number of ether oxygens (including phenoxy) is 1. The highest BCUT2D eigenvalue weighted by Gasteiger charge is 2.34. The Balaban J connectivity index is 1.62. The molecule has 1 atom stereocenters. The number of methoxy groups -OCH3 is 1. The van der Waals surface area contributed by atoms with Crippen LogP contribution in [-0.2, 0) is 16.0 Å². The molecular formula is C22H30N4O3. The van der Waals surface area contributed by atoms with Crippen LogP contribution in [0.25, 0.3) is 0 Å². The lowest BCUT2D eigenvalue weighted by Crippen LogP contribution is -2.30. The SMILES string of the molecule is COc1ccccc1CCN1C[C@H](C(=O)Nc2c(C)nn(C(C)C)c2C)CC1=O. The lowest BCUT2D eigenvalue weighted by Gasteiger charge is -2.17. The quantitative estimate of drug-likeness (QED) is 0.777. The summed E-state index contributed by atoms with van der Waals surface area (Å²) >= 11 is 0. The lowest BCUT2D eigenvalue weighted by atomic mass is 10.1. The standard InChI is InChI=1S/C22H30N4O3/c1-14(2)26-16(4)21(15(3)24-26)23-22(28)18-12-20(27)25(13-18)11-10-17-8-6-7-9-19(17)29-5/h6-9,14,18H,10-13H2,1-5H3,(H,23,28)/t18-/m1/s1. The predicted molar refractivity (Wildman–Crippen MR) is 112 cm³/mol. The molecule has 1 saturated heterocycles. The third-order valence-corrected chi connectivity index (χ3v) is 5.49. The molecule has 1 aliphatic rings. The summed E-state index contributed by atoms with van der Waals surface area (Å²) in [6.45, 7) is 8.97. The average molecular weight is 399 g/mol. The molecule has 2 amide bonds. The van der Waals surface area contributed by atoms with Crippen LogP contribution >= 0.6 is 0 Å². The summed E-state index contributed by atoms with van der Waals surface area (Å²) in [4.78, 5) is 27.0. The molecule has 3 rings (SSSR count). The van der Waals surface area contributed by atoms with Crippen LogP contribution in [0.5, 0.6) is 5.75 Å². The Morgan fingerprint density at radius 3 is 2.69 bits per heavy atom. The number of para-hydroxylation sites is 1. The molecule has 2 aromatic rings. The number of hydrogen-bond donors (Lipinski definition) is 1. The average Bonchev–Trinajstić information content (AvgIpc) is 3.21. The molecule has 1 aromatic carbocycles. The van der Waals surface area contributed by atoms with Gasteiger partial charge in [-0.1, -0.05) is 18.2 Å². The van der Waals surface area contributed by atoms with Gasteiger partial charge in [-0.15, -0.1) is 0 Å². The summed E-state index contributed by atoms with van der Waals surface area (Å²) < 4.78 is 7.29. The van der Waals surface area contributed by atoms with E-state index in [2.05, 4.69) is 24.3 Å². The minimum absolute atomic E-state index is 0.0198. The zero-order chi connectivity index (χ0) is 21.1. The first-order valence-corrected chi connectivity index (χ1v) is 10.1. The van der Waals surface area contributed by atoms with Crippen LogP contribution in [-0.4, -0.2) is 46.7 Å². The number of amides is 2. The highest BCUT2D eigenvalue weighted by atomic mass is 16.5. The van der Waals surface area contributed by atoms with Crippen LogP contribution in [0.1, 0.15) is 43.3 Å². The number of carbonyl (C=O) groups is 2.